The van der Waals surface area contributed by atoms with Crippen molar-refractivity contribution in [2.45, 2.75) is 71.4 Å². The molecule has 3 aromatic carbocycles. The summed E-state index contributed by atoms with van der Waals surface area (Å²) in [7, 11) is 1.86. The van der Waals surface area contributed by atoms with E-state index < -0.39 is 5.97 Å². The second kappa shape index (κ2) is 14.9. The molecule has 0 radical (unpaired) electrons. The summed E-state index contributed by atoms with van der Waals surface area (Å²) in [5.41, 5.74) is 5.79. The monoisotopic (exact) mass is 518 g/mol. The number of unbranched alkanes of at least 4 members (excludes halogenated alkanes) is 4. The van der Waals surface area contributed by atoms with E-state index in [-0.39, 0.29) is 18.1 Å². The lowest BCUT2D eigenvalue weighted by Crippen LogP contribution is -2.25. The van der Waals surface area contributed by atoms with Crippen LogP contribution in [0.2, 0.25) is 0 Å². The number of halogens is 1. The van der Waals surface area contributed by atoms with Crippen molar-refractivity contribution in [1.29, 1.82) is 0 Å². The molecule has 0 aromatic heterocycles. The van der Waals surface area contributed by atoms with E-state index in [9.17, 15) is 14.0 Å². The highest BCUT2D eigenvalue weighted by Crippen LogP contribution is 2.31. The lowest BCUT2D eigenvalue weighted by Gasteiger charge is -2.19. The number of nitrogens with zero attached hydrogens (tertiary/aromatic N) is 1. The molecule has 0 spiro atoms. The molecule has 0 aliphatic rings. The zero-order valence-electron chi connectivity index (χ0n) is 22.5. The zero-order chi connectivity index (χ0) is 27.3. The number of carbonyl (C=O) groups excluding carboxylic acids is 1. The summed E-state index contributed by atoms with van der Waals surface area (Å²) >= 11 is 0. The van der Waals surface area contributed by atoms with Gasteiger partial charge in [0.15, 0.2) is 0 Å². The number of amides is 1. The first-order chi connectivity index (χ1) is 18.4. The van der Waals surface area contributed by atoms with Gasteiger partial charge in [0.25, 0.3) is 0 Å². The van der Waals surface area contributed by atoms with E-state index in [1.54, 1.807) is 17.0 Å². The number of benzene rings is 3. The molecule has 0 atom stereocenters. The Kier molecular flexibility index (Phi) is 11.3. The number of aliphatic carboxylic acids is 1. The number of nitrogens with one attached hydrogen (secondary N) is 1. The molecule has 3 aromatic rings. The van der Waals surface area contributed by atoms with E-state index in [2.05, 4.69) is 18.3 Å². The maximum atomic E-state index is 13.3. The van der Waals surface area contributed by atoms with Gasteiger partial charge in [0.05, 0.1) is 0 Å². The molecule has 0 unspecified atom stereocenters. The molecule has 0 aliphatic heterocycles. The van der Waals surface area contributed by atoms with Gasteiger partial charge in [-0.05, 0) is 59.4 Å². The molecule has 5 nitrogen and oxygen atoms in total. The Balaban J connectivity index is 1.75. The molecule has 0 saturated carbocycles. The maximum absolute atomic E-state index is 13.3. The SMILES string of the molecule is CCCCCCCC(=O)N(C)Cc1cccc(-c2ccc(CCC(=O)O)cc2NCc2ccc(F)cc2)c1. The minimum absolute atomic E-state index is 0.0607. The average Bonchev–Trinajstić information content (AvgIpc) is 2.91. The molecule has 1 amide bonds. The third-order valence-corrected chi connectivity index (χ3v) is 6.69. The molecular formula is C32H39FN2O3. The molecule has 202 valence electrons. The van der Waals surface area contributed by atoms with Crippen LogP contribution in [0.5, 0.6) is 0 Å². The summed E-state index contributed by atoms with van der Waals surface area (Å²) in [6, 6.07) is 20.5. The van der Waals surface area contributed by atoms with Gasteiger partial charge in [-0.2, -0.15) is 0 Å². The molecule has 0 saturated heterocycles. The van der Waals surface area contributed by atoms with Crippen LogP contribution in [-0.2, 0) is 29.1 Å². The lowest BCUT2D eigenvalue weighted by molar-refractivity contribution is -0.137. The fraction of sp³-hybridized carbons (Fsp3) is 0.375. The minimum atomic E-state index is -0.831. The fourth-order valence-electron chi connectivity index (χ4n) is 4.47. The van der Waals surface area contributed by atoms with Crippen molar-refractivity contribution in [2.24, 2.45) is 0 Å². The third-order valence-electron chi connectivity index (χ3n) is 6.69. The fourth-order valence-corrected chi connectivity index (χ4v) is 4.47. The minimum Gasteiger partial charge on any atom is -0.481 e. The lowest BCUT2D eigenvalue weighted by atomic mass is 9.98. The van der Waals surface area contributed by atoms with E-state index in [0.29, 0.717) is 25.9 Å². The van der Waals surface area contributed by atoms with Crippen LogP contribution in [-0.4, -0.2) is 28.9 Å². The number of carbonyl (C=O) groups is 2. The number of hydrogen-bond acceptors (Lipinski definition) is 3. The third kappa shape index (κ3) is 9.33. The van der Waals surface area contributed by atoms with Gasteiger partial charge in [-0.15, -0.1) is 0 Å². The summed E-state index contributed by atoms with van der Waals surface area (Å²) in [6.45, 7) is 3.23. The van der Waals surface area contributed by atoms with Crippen molar-refractivity contribution in [3.63, 3.8) is 0 Å². The Bertz CT molecular complexity index is 1190. The van der Waals surface area contributed by atoms with Gasteiger partial charge in [-0.1, -0.05) is 75.1 Å². The van der Waals surface area contributed by atoms with E-state index in [4.69, 9.17) is 5.11 Å². The van der Waals surface area contributed by atoms with Gasteiger partial charge in [-0.3, -0.25) is 9.59 Å². The van der Waals surface area contributed by atoms with Crippen LogP contribution in [0.3, 0.4) is 0 Å². The molecule has 0 fully saturated rings. The number of carboxylic acids is 1. The molecular weight excluding hydrogens is 479 g/mol. The molecule has 38 heavy (non-hydrogen) atoms. The van der Waals surface area contributed by atoms with Crippen molar-refractivity contribution in [2.75, 3.05) is 12.4 Å². The van der Waals surface area contributed by atoms with Crippen LogP contribution >= 0.6 is 0 Å². The standard InChI is InChI=1S/C32H39FN2O3/c1-3-4-5-6-7-11-31(36)35(2)23-26-9-8-10-27(20-26)29-18-14-24(15-19-32(37)38)21-30(29)34-22-25-12-16-28(33)17-13-25/h8-10,12-14,16-18,20-21,34H,3-7,11,15,19,22-23H2,1-2H3,(H,37,38). The molecule has 2 N–H and O–H groups in total. The zero-order valence-corrected chi connectivity index (χ0v) is 22.5. The molecule has 6 heteroatoms. The highest BCUT2D eigenvalue weighted by Gasteiger charge is 2.12. The quantitative estimate of drug-likeness (QED) is 0.205. The van der Waals surface area contributed by atoms with E-state index in [1.807, 2.05) is 43.4 Å². The first-order valence-electron chi connectivity index (χ1n) is 13.5. The van der Waals surface area contributed by atoms with Gasteiger partial charge in [-0.25, -0.2) is 4.39 Å². The van der Waals surface area contributed by atoms with Gasteiger partial charge in [0, 0.05) is 44.2 Å². The van der Waals surface area contributed by atoms with Crippen LogP contribution in [0, 0.1) is 5.82 Å². The number of aryl methyl sites for hydroxylation is 1. The van der Waals surface area contributed by atoms with Crippen LogP contribution < -0.4 is 5.32 Å². The van der Waals surface area contributed by atoms with Crippen molar-refractivity contribution < 1.29 is 19.1 Å². The molecule has 0 bridgehead atoms. The van der Waals surface area contributed by atoms with Gasteiger partial charge in [0.1, 0.15) is 5.82 Å². The topological polar surface area (TPSA) is 69.6 Å². The van der Waals surface area contributed by atoms with Crippen LogP contribution in [0.15, 0.2) is 66.7 Å². The Morgan fingerprint density at radius 3 is 2.34 bits per heavy atom. The normalized spacial score (nSPS) is 10.8. The second-order valence-corrected chi connectivity index (χ2v) is 9.87. The Labute approximate surface area is 225 Å². The largest absolute Gasteiger partial charge is 0.481 e. The van der Waals surface area contributed by atoms with E-state index in [1.165, 1.54) is 31.4 Å². The first kappa shape index (κ1) is 28.9. The summed E-state index contributed by atoms with van der Waals surface area (Å²) in [4.78, 5) is 25.5. The summed E-state index contributed by atoms with van der Waals surface area (Å²) in [5, 5.41) is 12.6. The summed E-state index contributed by atoms with van der Waals surface area (Å²) < 4.78 is 13.3. The Morgan fingerprint density at radius 2 is 1.61 bits per heavy atom. The first-order valence-corrected chi connectivity index (χ1v) is 13.5. The van der Waals surface area contributed by atoms with Crippen molar-refractivity contribution in [1.82, 2.24) is 4.90 Å². The van der Waals surface area contributed by atoms with Crippen LogP contribution in [0.1, 0.15) is 68.6 Å². The van der Waals surface area contributed by atoms with Crippen LogP contribution in [0.4, 0.5) is 10.1 Å². The maximum Gasteiger partial charge on any atom is 0.303 e. The predicted molar refractivity (Wildman–Crippen MR) is 151 cm³/mol. The summed E-state index contributed by atoms with van der Waals surface area (Å²) in [5.74, 6) is -0.944. The van der Waals surface area contributed by atoms with Gasteiger partial charge < -0.3 is 15.3 Å². The van der Waals surface area contributed by atoms with Crippen molar-refractivity contribution >= 4 is 17.6 Å². The number of carboxylic acid groups (broad SMARTS) is 1. The number of hydrogen-bond donors (Lipinski definition) is 2. The number of anilines is 1. The highest BCUT2D eigenvalue weighted by atomic mass is 19.1. The van der Waals surface area contributed by atoms with Crippen molar-refractivity contribution in [3.8, 4) is 11.1 Å². The van der Waals surface area contributed by atoms with E-state index >= 15 is 0 Å². The summed E-state index contributed by atoms with van der Waals surface area (Å²) in [6.07, 6.45) is 6.70. The Morgan fingerprint density at radius 1 is 0.868 bits per heavy atom. The van der Waals surface area contributed by atoms with Crippen molar-refractivity contribution in [3.05, 3.63) is 89.2 Å². The second-order valence-electron chi connectivity index (χ2n) is 9.87. The molecule has 0 aliphatic carbocycles. The van der Waals surface area contributed by atoms with E-state index in [0.717, 1.165) is 46.3 Å². The molecule has 3 rings (SSSR count). The number of rotatable bonds is 15. The Hall–Kier alpha value is -3.67. The van der Waals surface area contributed by atoms with Crippen LogP contribution in [0.25, 0.3) is 11.1 Å². The van der Waals surface area contributed by atoms with Gasteiger partial charge >= 0.3 is 5.97 Å². The smallest absolute Gasteiger partial charge is 0.303 e. The molecule has 0 heterocycles. The predicted octanol–water partition coefficient (Wildman–Crippen LogP) is 7.44. The highest BCUT2D eigenvalue weighted by molar-refractivity contribution is 5.79. The average molecular weight is 519 g/mol. The van der Waals surface area contributed by atoms with Gasteiger partial charge in [0.2, 0.25) is 5.91 Å².